The second kappa shape index (κ2) is 4.93. The van der Waals surface area contributed by atoms with E-state index < -0.39 is 0 Å². The van der Waals surface area contributed by atoms with Gasteiger partial charge in [0.2, 0.25) is 0 Å². The fourth-order valence-corrected chi connectivity index (χ4v) is 1.84. The summed E-state index contributed by atoms with van der Waals surface area (Å²) in [6.07, 6.45) is 7.06. The molecule has 0 amide bonds. The maximum atomic E-state index is 4.13. The number of hydrogen-bond acceptors (Lipinski definition) is 4. The van der Waals surface area contributed by atoms with Crippen LogP contribution in [-0.4, -0.2) is 24.5 Å². The third-order valence-corrected chi connectivity index (χ3v) is 2.81. The Balaban J connectivity index is 1.66. The quantitative estimate of drug-likeness (QED) is 0.768. The third-order valence-electron chi connectivity index (χ3n) is 2.81. The summed E-state index contributed by atoms with van der Waals surface area (Å²) in [6, 6.07) is 8.04. The summed E-state index contributed by atoms with van der Waals surface area (Å²) in [5.74, 6) is 0. The zero-order valence-corrected chi connectivity index (χ0v) is 10.6. The second-order valence-electron chi connectivity index (χ2n) is 4.26. The van der Waals surface area contributed by atoms with Gasteiger partial charge < -0.3 is 5.32 Å². The number of anilines is 1. The lowest BCUT2D eigenvalue weighted by Crippen LogP contribution is -1.99. The molecule has 0 fully saturated rings. The first-order valence-electron chi connectivity index (χ1n) is 5.98. The normalized spacial score (nSPS) is 10.6. The molecule has 0 atom stereocenters. The molecule has 19 heavy (non-hydrogen) atoms. The average Bonchev–Trinajstić information content (AvgIpc) is 3.08. The van der Waals surface area contributed by atoms with E-state index >= 15 is 0 Å². The van der Waals surface area contributed by atoms with Gasteiger partial charge in [-0.1, -0.05) is 0 Å². The first-order chi connectivity index (χ1) is 9.31. The van der Waals surface area contributed by atoms with Crippen molar-refractivity contribution in [2.45, 2.75) is 6.54 Å². The van der Waals surface area contributed by atoms with Crippen molar-refractivity contribution in [1.82, 2.24) is 24.5 Å². The van der Waals surface area contributed by atoms with E-state index in [0.717, 1.165) is 23.5 Å². The summed E-state index contributed by atoms with van der Waals surface area (Å²) >= 11 is 0. The fraction of sp³-hybridized carbons (Fsp3) is 0.154. The van der Waals surface area contributed by atoms with Crippen LogP contribution in [0.1, 0.15) is 5.56 Å². The highest BCUT2D eigenvalue weighted by Crippen LogP contribution is 2.13. The SMILES string of the molecule is Cn1cc(CNc2ccc(-n3cncn3)cc2)cn1. The molecule has 0 aliphatic rings. The minimum Gasteiger partial charge on any atom is -0.381 e. The Labute approximate surface area is 110 Å². The van der Waals surface area contributed by atoms with Gasteiger partial charge in [-0.25, -0.2) is 9.67 Å². The molecule has 1 N–H and O–H groups in total. The standard InChI is InChI=1S/C13H14N6/c1-18-8-11(7-16-18)6-15-12-2-4-13(5-3-12)19-10-14-9-17-19/h2-5,7-10,15H,6H2,1H3. The first kappa shape index (κ1) is 11.5. The summed E-state index contributed by atoms with van der Waals surface area (Å²) < 4.78 is 3.52. The zero-order valence-electron chi connectivity index (χ0n) is 10.6. The molecule has 6 nitrogen and oxygen atoms in total. The Morgan fingerprint density at radius 2 is 2.00 bits per heavy atom. The van der Waals surface area contributed by atoms with Crippen LogP contribution in [0.2, 0.25) is 0 Å². The van der Waals surface area contributed by atoms with Crippen LogP contribution >= 0.6 is 0 Å². The van der Waals surface area contributed by atoms with Crippen LogP contribution in [0.3, 0.4) is 0 Å². The van der Waals surface area contributed by atoms with Crippen molar-refractivity contribution in [3.63, 3.8) is 0 Å². The highest BCUT2D eigenvalue weighted by atomic mass is 15.3. The van der Waals surface area contributed by atoms with Gasteiger partial charge in [-0.3, -0.25) is 4.68 Å². The Hall–Kier alpha value is -2.63. The van der Waals surface area contributed by atoms with Crippen molar-refractivity contribution in [1.29, 1.82) is 0 Å². The molecular weight excluding hydrogens is 240 g/mol. The molecular formula is C13H14N6. The minimum atomic E-state index is 0.760. The summed E-state index contributed by atoms with van der Waals surface area (Å²) in [5, 5.41) is 11.6. The summed E-state index contributed by atoms with van der Waals surface area (Å²) in [6.45, 7) is 0.760. The second-order valence-corrected chi connectivity index (χ2v) is 4.26. The monoisotopic (exact) mass is 254 g/mol. The number of hydrogen-bond donors (Lipinski definition) is 1. The number of rotatable bonds is 4. The maximum absolute atomic E-state index is 4.13. The smallest absolute Gasteiger partial charge is 0.138 e. The Bertz CT molecular complexity index is 638. The third kappa shape index (κ3) is 2.62. The molecule has 0 aliphatic heterocycles. The molecule has 0 spiro atoms. The first-order valence-corrected chi connectivity index (χ1v) is 5.98. The van der Waals surface area contributed by atoms with Gasteiger partial charge in [0.25, 0.3) is 0 Å². The van der Waals surface area contributed by atoms with Crippen LogP contribution in [0.15, 0.2) is 49.3 Å². The van der Waals surface area contributed by atoms with Crippen LogP contribution in [0.25, 0.3) is 5.69 Å². The topological polar surface area (TPSA) is 60.6 Å². The largest absolute Gasteiger partial charge is 0.381 e. The maximum Gasteiger partial charge on any atom is 0.138 e. The van der Waals surface area contributed by atoms with Crippen LogP contribution in [-0.2, 0) is 13.6 Å². The van der Waals surface area contributed by atoms with E-state index in [1.165, 1.54) is 6.33 Å². The average molecular weight is 254 g/mol. The van der Waals surface area contributed by atoms with Gasteiger partial charge >= 0.3 is 0 Å². The zero-order chi connectivity index (χ0) is 13.1. The van der Waals surface area contributed by atoms with Gasteiger partial charge in [-0.2, -0.15) is 10.2 Å². The molecule has 0 saturated heterocycles. The molecule has 2 heterocycles. The Morgan fingerprint density at radius 3 is 2.63 bits per heavy atom. The van der Waals surface area contributed by atoms with E-state index in [2.05, 4.69) is 20.5 Å². The highest BCUT2D eigenvalue weighted by molar-refractivity contribution is 5.48. The molecule has 6 heteroatoms. The van der Waals surface area contributed by atoms with E-state index in [1.807, 2.05) is 43.7 Å². The van der Waals surface area contributed by atoms with Crippen molar-refractivity contribution >= 4 is 5.69 Å². The van der Waals surface area contributed by atoms with Crippen LogP contribution in [0.5, 0.6) is 0 Å². The van der Waals surface area contributed by atoms with E-state index in [1.54, 1.807) is 15.7 Å². The number of aromatic nitrogens is 5. The van der Waals surface area contributed by atoms with Crippen LogP contribution in [0, 0.1) is 0 Å². The fourth-order valence-electron chi connectivity index (χ4n) is 1.84. The highest BCUT2D eigenvalue weighted by Gasteiger charge is 1.99. The lowest BCUT2D eigenvalue weighted by molar-refractivity contribution is 0.767. The molecule has 1 aromatic carbocycles. The molecule has 2 aromatic heterocycles. The molecule has 0 bridgehead atoms. The minimum absolute atomic E-state index is 0.760. The predicted molar refractivity (Wildman–Crippen MR) is 71.9 cm³/mol. The number of benzene rings is 1. The van der Waals surface area contributed by atoms with Crippen LogP contribution < -0.4 is 5.32 Å². The van der Waals surface area contributed by atoms with Crippen molar-refractivity contribution in [2.75, 3.05) is 5.32 Å². The van der Waals surface area contributed by atoms with Crippen molar-refractivity contribution in [3.05, 3.63) is 54.9 Å². The molecule has 96 valence electrons. The van der Waals surface area contributed by atoms with E-state index in [9.17, 15) is 0 Å². The van der Waals surface area contributed by atoms with Gasteiger partial charge in [0, 0.05) is 31.0 Å². The lowest BCUT2D eigenvalue weighted by Gasteiger charge is -2.06. The summed E-state index contributed by atoms with van der Waals surface area (Å²) in [7, 11) is 1.91. The van der Waals surface area contributed by atoms with Crippen molar-refractivity contribution < 1.29 is 0 Å². The van der Waals surface area contributed by atoms with E-state index in [0.29, 0.717) is 0 Å². The van der Waals surface area contributed by atoms with Gasteiger partial charge in [-0.05, 0) is 24.3 Å². The van der Waals surface area contributed by atoms with Gasteiger partial charge in [0.05, 0.1) is 11.9 Å². The molecule has 0 radical (unpaired) electrons. The number of nitrogens with zero attached hydrogens (tertiary/aromatic N) is 5. The Morgan fingerprint density at radius 1 is 1.16 bits per heavy atom. The number of aryl methyl sites for hydroxylation is 1. The predicted octanol–water partition coefficient (Wildman–Crippen LogP) is 1.61. The van der Waals surface area contributed by atoms with Gasteiger partial charge in [-0.15, -0.1) is 0 Å². The van der Waals surface area contributed by atoms with E-state index in [4.69, 9.17) is 0 Å². The lowest BCUT2D eigenvalue weighted by atomic mass is 10.2. The summed E-state index contributed by atoms with van der Waals surface area (Å²) in [4.78, 5) is 3.93. The van der Waals surface area contributed by atoms with Crippen molar-refractivity contribution in [3.8, 4) is 5.69 Å². The van der Waals surface area contributed by atoms with Crippen molar-refractivity contribution in [2.24, 2.45) is 7.05 Å². The Kier molecular flexibility index (Phi) is 2.97. The van der Waals surface area contributed by atoms with Crippen LogP contribution in [0.4, 0.5) is 5.69 Å². The molecule has 0 saturated carbocycles. The molecule has 0 unspecified atom stereocenters. The number of nitrogens with one attached hydrogen (secondary N) is 1. The van der Waals surface area contributed by atoms with Gasteiger partial charge in [0.1, 0.15) is 12.7 Å². The van der Waals surface area contributed by atoms with Gasteiger partial charge in [0.15, 0.2) is 0 Å². The molecule has 3 aromatic rings. The molecule has 0 aliphatic carbocycles. The van der Waals surface area contributed by atoms with E-state index in [-0.39, 0.29) is 0 Å². The molecule has 3 rings (SSSR count). The summed E-state index contributed by atoms with van der Waals surface area (Å²) in [5.41, 5.74) is 3.21.